The van der Waals surface area contributed by atoms with Crippen LogP contribution in [0.5, 0.6) is 5.75 Å². The third-order valence-electron chi connectivity index (χ3n) is 3.29. The smallest absolute Gasteiger partial charge is 0.234 e. The predicted octanol–water partition coefficient (Wildman–Crippen LogP) is 4.46. The van der Waals surface area contributed by atoms with Gasteiger partial charge in [-0.05, 0) is 48.9 Å². The van der Waals surface area contributed by atoms with E-state index in [1.54, 1.807) is 18.2 Å². The number of thioether (sulfide) groups is 1. The maximum absolute atomic E-state index is 12.3. The molecule has 7 heteroatoms. The second-order valence-corrected chi connectivity index (χ2v) is 7.28. The van der Waals surface area contributed by atoms with Crippen molar-refractivity contribution in [2.75, 3.05) is 23.5 Å². The van der Waals surface area contributed by atoms with Gasteiger partial charge < -0.3 is 15.4 Å². The molecule has 0 aromatic heterocycles. The number of halogens is 1. The van der Waals surface area contributed by atoms with Crippen LogP contribution in [0.2, 0.25) is 0 Å². The summed E-state index contributed by atoms with van der Waals surface area (Å²) >= 11 is 4.90. The van der Waals surface area contributed by atoms with E-state index in [0.717, 1.165) is 14.9 Å². The van der Waals surface area contributed by atoms with E-state index in [0.29, 0.717) is 17.1 Å². The van der Waals surface area contributed by atoms with E-state index in [4.69, 9.17) is 4.74 Å². The number of amides is 2. The Balaban J connectivity index is 2.04. The lowest BCUT2D eigenvalue weighted by molar-refractivity contribution is -0.114. The number of hydrogen-bond acceptors (Lipinski definition) is 4. The SMILES string of the molecule is COc1ccc(NC(C)=O)cc1NC(=O)CSc1ccc(Br)cc1C. The van der Waals surface area contributed by atoms with Crippen LogP contribution in [0.4, 0.5) is 11.4 Å². The Bertz CT molecular complexity index is 796. The van der Waals surface area contributed by atoms with Crippen molar-refractivity contribution in [3.8, 4) is 5.75 Å². The van der Waals surface area contributed by atoms with Gasteiger partial charge >= 0.3 is 0 Å². The molecule has 0 aliphatic rings. The number of methoxy groups -OCH3 is 1. The summed E-state index contributed by atoms with van der Waals surface area (Å²) in [6.07, 6.45) is 0. The monoisotopic (exact) mass is 422 g/mol. The van der Waals surface area contributed by atoms with Crippen LogP contribution in [-0.2, 0) is 9.59 Å². The first-order chi connectivity index (χ1) is 11.9. The van der Waals surface area contributed by atoms with E-state index >= 15 is 0 Å². The fourth-order valence-corrected chi connectivity index (χ4v) is 3.48. The largest absolute Gasteiger partial charge is 0.495 e. The Kier molecular flexibility index (Phi) is 6.90. The summed E-state index contributed by atoms with van der Waals surface area (Å²) in [7, 11) is 1.53. The van der Waals surface area contributed by atoms with E-state index < -0.39 is 0 Å². The highest BCUT2D eigenvalue weighted by Gasteiger charge is 2.11. The molecule has 2 N–H and O–H groups in total. The molecule has 0 heterocycles. The van der Waals surface area contributed by atoms with Crippen LogP contribution in [0.25, 0.3) is 0 Å². The van der Waals surface area contributed by atoms with Crippen LogP contribution in [0, 0.1) is 6.92 Å². The molecule has 25 heavy (non-hydrogen) atoms. The molecular weight excluding hydrogens is 404 g/mol. The lowest BCUT2D eigenvalue weighted by Gasteiger charge is -2.12. The fourth-order valence-electron chi connectivity index (χ4n) is 2.19. The van der Waals surface area contributed by atoms with Gasteiger partial charge in [0.1, 0.15) is 5.75 Å². The van der Waals surface area contributed by atoms with Crippen LogP contribution in [0.15, 0.2) is 45.8 Å². The van der Waals surface area contributed by atoms with Crippen LogP contribution in [0.3, 0.4) is 0 Å². The Labute approximate surface area is 159 Å². The van der Waals surface area contributed by atoms with E-state index in [-0.39, 0.29) is 17.6 Å². The first-order valence-corrected chi connectivity index (χ1v) is 9.31. The molecule has 0 saturated carbocycles. The van der Waals surface area contributed by atoms with Gasteiger partial charge in [-0.1, -0.05) is 15.9 Å². The average Bonchev–Trinajstić information content (AvgIpc) is 2.54. The minimum absolute atomic E-state index is 0.148. The molecule has 0 radical (unpaired) electrons. The van der Waals surface area contributed by atoms with Crippen molar-refractivity contribution >= 4 is 50.9 Å². The lowest BCUT2D eigenvalue weighted by Crippen LogP contribution is -2.15. The van der Waals surface area contributed by atoms with Gasteiger partial charge in [0.15, 0.2) is 0 Å². The second-order valence-electron chi connectivity index (χ2n) is 5.34. The molecule has 2 rings (SSSR count). The quantitative estimate of drug-likeness (QED) is 0.674. The van der Waals surface area contributed by atoms with Crippen molar-refractivity contribution in [3.63, 3.8) is 0 Å². The minimum atomic E-state index is -0.177. The third-order valence-corrected chi connectivity index (χ3v) is 4.96. The van der Waals surface area contributed by atoms with Gasteiger partial charge in [0, 0.05) is 22.0 Å². The number of hydrogen-bond donors (Lipinski definition) is 2. The third kappa shape index (κ3) is 5.79. The number of carbonyl (C=O) groups is 2. The molecule has 0 fully saturated rings. The van der Waals surface area contributed by atoms with Crippen molar-refractivity contribution in [2.24, 2.45) is 0 Å². The Morgan fingerprint density at radius 1 is 1.16 bits per heavy atom. The lowest BCUT2D eigenvalue weighted by atomic mass is 10.2. The van der Waals surface area contributed by atoms with Crippen molar-refractivity contribution in [1.82, 2.24) is 0 Å². The number of anilines is 2. The number of carbonyl (C=O) groups excluding carboxylic acids is 2. The summed E-state index contributed by atoms with van der Waals surface area (Å²) < 4.78 is 6.27. The number of ether oxygens (including phenoxy) is 1. The van der Waals surface area contributed by atoms with Gasteiger partial charge in [-0.15, -0.1) is 11.8 Å². The highest BCUT2D eigenvalue weighted by Crippen LogP contribution is 2.29. The van der Waals surface area contributed by atoms with Crippen LogP contribution in [-0.4, -0.2) is 24.7 Å². The molecule has 0 saturated heterocycles. The van der Waals surface area contributed by atoms with Crippen molar-refractivity contribution in [2.45, 2.75) is 18.7 Å². The van der Waals surface area contributed by atoms with Crippen LogP contribution >= 0.6 is 27.7 Å². The van der Waals surface area contributed by atoms with Crippen molar-refractivity contribution in [1.29, 1.82) is 0 Å². The molecular formula is C18H19BrN2O3S. The molecule has 132 valence electrons. The molecule has 0 atom stereocenters. The van der Waals surface area contributed by atoms with Crippen LogP contribution in [0.1, 0.15) is 12.5 Å². The summed E-state index contributed by atoms with van der Waals surface area (Å²) in [5.74, 6) is 0.484. The Morgan fingerprint density at radius 2 is 1.92 bits per heavy atom. The average molecular weight is 423 g/mol. The molecule has 0 aliphatic carbocycles. The first-order valence-electron chi connectivity index (χ1n) is 7.53. The number of aryl methyl sites for hydroxylation is 1. The van der Waals surface area contributed by atoms with E-state index in [1.165, 1.54) is 25.8 Å². The molecule has 0 spiro atoms. The van der Waals surface area contributed by atoms with Gasteiger partial charge in [-0.2, -0.15) is 0 Å². The van der Waals surface area contributed by atoms with E-state index in [9.17, 15) is 9.59 Å². The maximum Gasteiger partial charge on any atom is 0.234 e. The second kappa shape index (κ2) is 8.92. The number of rotatable bonds is 6. The molecule has 0 aliphatic heterocycles. The molecule has 5 nitrogen and oxygen atoms in total. The number of benzene rings is 2. The summed E-state index contributed by atoms with van der Waals surface area (Å²) in [6.45, 7) is 3.44. The first kappa shape index (κ1) is 19.3. The molecule has 2 aromatic rings. The van der Waals surface area contributed by atoms with Gasteiger partial charge in [0.05, 0.1) is 18.6 Å². The van der Waals surface area contributed by atoms with Crippen molar-refractivity contribution in [3.05, 3.63) is 46.4 Å². The Morgan fingerprint density at radius 3 is 2.56 bits per heavy atom. The van der Waals surface area contributed by atoms with Gasteiger partial charge in [0.2, 0.25) is 11.8 Å². The Hall–Kier alpha value is -1.99. The van der Waals surface area contributed by atoms with Gasteiger partial charge in [-0.3, -0.25) is 9.59 Å². The topological polar surface area (TPSA) is 67.4 Å². The summed E-state index contributed by atoms with van der Waals surface area (Å²) in [5, 5.41) is 5.52. The predicted molar refractivity (Wildman–Crippen MR) is 106 cm³/mol. The number of nitrogens with one attached hydrogen (secondary N) is 2. The molecule has 0 bridgehead atoms. The van der Waals surface area contributed by atoms with Crippen molar-refractivity contribution < 1.29 is 14.3 Å². The standard InChI is InChI=1S/C18H19BrN2O3S/c1-11-8-13(19)4-7-17(11)25-10-18(23)21-15-9-14(20-12(2)22)5-6-16(15)24-3/h4-9H,10H2,1-3H3,(H,20,22)(H,21,23). The zero-order valence-corrected chi connectivity index (χ0v) is 16.6. The normalized spacial score (nSPS) is 10.2. The highest BCUT2D eigenvalue weighted by atomic mass is 79.9. The van der Waals surface area contributed by atoms with Gasteiger partial charge in [-0.25, -0.2) is 0 Å². The summed E-state index contributed by atoms with van der Waals surface area (Å²) in [6, 6.07) is 11.0. The van der Waals surface area contributed by atoms with Crippen LogP contribution < -0.4 is 15.4 Å². The minimum Gasteiger partial charge on any atom is -0.495 e. The summed E-state index contributed by atoms with van der Waals surface area (Å²) in [4.78, 5) is 24.5. The van der Waals surface area contributed by atoms with E-state index in [2.05, 4.69) is 26.6 Å². The molecule has 0 unspecified atom stereocenters. The highest BCUT2D eigenvalue weighted by molar-refractivity contribution is 9.10. The maximum atomic E-state index is 12.3. The fraction of sp³-hybridized carbons (Fsp3) is 0.222. The molecule has 2 aromatic carbocycles. The zero-order chi connectivity index (χ0) is 18.4. The zero-order valence-electron chi connectivity index (χ0n) is 14.2. The van der Waals surface area contributed by atoms with Gasteiger partial charge in [0.25, 0.3) is 0 Å². The van der Waals surface area contributed by atoms with E-state index in [1.807, 2.05) is 25.1 Å². The summed E-state index contributed by atoms with van der Waals surface area (Å²) in [5.41, 5.74) is 2.23. The molecule has 2 amide bonds.